The van der Waals surface area contributed by atoms with E-state index in [-0.39, 0.29) is 17.2 Å². The number of hydrogen-bond donors (Lipinski definition) is 1. The van der Waals surface area contributed by atoms with E-state index >= 15 is 0 Å². The number of carbonyl (C=O) groups is 1. The summed E-state index contributed by atoms with van der Waals surface area (Å²) in [6.45, 7) is 1.82. The Kier molecular flexibility index (Phi) is 5.35. The van der Waals surface area contributed by atoms with E-state index in [0.717, 1.165) is 6.42 Å². The fourth-order valence-corrected chi connectivity index (χ4v) is 3.11. The van der Waals surface area contributed by atoms with Crippen LogP contribution in [0.25, 0.3) is 0 Å². The third kappa shape index (κ3) is 4.55. The monoisotopic (exact) mass is 285 g/mol. The Hall–Kier alpha value is -1.56. The maximum absolute atomic E-state index is 11.9. The highest BCUT2D eigenvalue weighted by atomic mass is 32.2. The van der Waals surface area contributed by atoms with Crippen LogP contribution in [0.2, 0.25) is 0 Å². The number of nitrogens with zero attached hydrogens (tertiary/aromatic N) is 1. The van der Waals surface area contributed by atoms with Crippen molar-refractivity contribution in [3.05, 3.63) is 24.3 Å². The fourth-order valence-electron chi connectivity index (χ4n) is 1.65. The van der Waals surface area contributed by atoms with Crippen LogP contribution in [0.4, 0.5) is 5.69 Å². The lowest BCUT2D eigenvalue weighted by Gasteiger charge is -2.16. The summed E-state index contributed by atoms with van der Waals surface area (Å²) in [5.74, 6) is -0.782. The molecule has 5 nitrogen and oxygen atoms in total. The van der Waals surface area contributed by atoms with Gasteiger partial charge in [0.1, 0.15) is 6.54 Å². The summed E-state index contributed by atoms with van der Waals surface area (Å²) in [5.41, 5.74) is 0.678. The first-order valence-electron chi connectivity index (χ1n) is 6.12. The predicted octanol–water partition coefficient (Wildman–Crippen LogP) is 1.78. The average Bonchev–Trinajstić information content (AvgIpc) is 2.36. The summed E-state index contributed by atoms with van der Waals surface area (Å²) >= 11 is 0. The van der Waals surface area contributed by atoms with Crippen molar-refractivity contribution in [2.24, 2.45) is 0 Å². The summed E-state index contributed by atoms with van der Waals surface area (Å²) in [6.07, 6.45) is 1.47. The van der Waals surface area contributed by atoms with E-state index < -0.39 is 15.8 Å². The third-order valence-corrected chi connectivity index (χ3v) is 4.59. The molecule has 0 spiro atoms. The third-order valence-electron chi connectivity index (χ3n) is 2.78. The van der Waals surface area contributed by atoms with Gasteiger partial charge in [0.05, 0.1) is 10.6 Å². The van der Waals surface area contributed by atoms with Crippen molar-refractivity contribution >= 4 is 21.5 Å². The van der Waals surface area contributed by atoms with Gasteiger partial charge in [-0.3, -0.25) is 4.79 Å². The molecule has 0 aromatic heterocycles. The van der Waals surface area contributed by atoms with Gasteiger partial charge in [-0.25, -0.2) is 8.42 Å². The van der Waals surface area contributed by atoms with Gasteiger partial charge >= 0.3 is 5.97 Å². The van der Waals surface area contributed by atoms with Gasteiger partial charge in [0.2, 0.25) is 0 Å². The number of benzene rings is 1. The molecule has 0 saturated heterocycles. The minimum atomic E-state index is -3.22. The van der Waals surface area contributed by atoms with Crippen molar-refractivity contribution in [2.75, 3.05) is 24.2 Å². The van der Waals surface area contributed by atoms with Crippen molar-refractivity contribution in [3.63, 3.8) is 0 Å². The van der Waals surface area contributed by atoms with Gasteiger partial charge in [-0.15, -0.1) is 0 Å². The number of rotatable bonds is 7. The molecule has 106 valence electrons. The minimum absolute atomic E-state index is 0.123. The van der Waals surface area contributed by atoms with Crippen LogP contribution in [0.1, 0.15) is 19.8 Å². The quantitative estimate of drug-likeness (QED) is 0.826. The van der Waals surface area contributed by atoms with Gasteiger partial charge in [0.15, 0.2) is 9.84 Å². The van der Waals surface area contributed by atoms with Gasteiger partial charge in [0.25, 0.3) is 0 Å². The zero-order valence-corrected chi connectivity index (χ0v) is 12.0. The van der Waals surface area contributed by atoms with Crippen molar-refractivity contribution < 1.29 is 18.3 Å². The minimum Gasteiger partial charge on any atom is -0.480 e. The molecule has 0 aliphatic carbocycles. The van der Waals surface area contributed by atoms with Crippen molar-refractivity contribution in [3.8, 4) is 0 Å². The van der Waals surface area contributed by atoms with Gasteiger partial charge in [-0.1, -0.05) is 13.3 Å². The molecule has 1 rings (SSSR count). The molecule has 0 aliphatic heterocycles. The zero-order valence-electron chi connectivity index (χ0n) is 11.2. The molecule has 1 aromatic carbocycles. The van der Waals surface area contributed by atoms with Crippen LogP contribution >= 0.6 is 0 Å². The molecule has 0 heterocycles. The molecule has 1 N–H and O–H groups in total. The number of sulfone groups is 1. The molecule has 1 aromatic rings. The largest absolute Gasteiger partial charge is 0.480 e. The molecular weight excluding hydrogens is 266 g/mol. The number of unbranched alkanes of at least 4 members (excludes halogenated alkanes) is 1. The van der Waals surface area contributed by atoms with Crippen LogP contribution in [-0.4, -0.2) is 38.8 Å². The van der Waals surface area contributed by atoms with Crippen LogP contribution in [-0.2, 0) is 14.6 Å². The molecule has 0 bridgehead atoms. The number of aliphatic carboxylic acids is 1. The topological polar surface area (TPSA) is 74.7 Å². The number of anilines is 1. The van der Waals surface area contributed by atoms with Gasteiger partial charge in [-0.05, 0) is 30.7 Å². The number of hydrogen-bond acceptors (Lipinski definition) is 4. The molecule has 6 heteroatoms. The number of likely N-dealkylation sites (N-methyl/N-ethyl adjacent to an activating group) is 1. The maximum Gasteiger partial charge on any atom is 0.323 e. The van der Waals surface area contributed by atoms with E-state index in [1.165, 1.54) is 12.1 Å². The SMILES string of the molecule is CCCCS(=O)(=O)c1ccc(N(C)CC(=O)O)cc1. The second-order valence-corrected chi connectivity index (χ2v) is 6.53. The van der Waals surface area contributed by atoms with Crippen LogP contribution in [0.15, 0.2) is 29.2 Å². The van der Waals surface area contributed by atoms with Crippen LogP contribution < -0.4 is 4.90 Å². The van der Waals surface area contributed by atoms with E-state index in [9.17, 15) is 13.2 Å². The Labute approximate surface area is 113 Å². The Morgan fingerprint density at radius 1 is 1.26 bits per heavy atom. The Bertz CT molecular complexity index is 522. The fraction of sp³-hybridized carbons (Fsp3) is 0.462. The van der Waals surface area contributed by atoms with Crippen LogP contribution in [0.3, 0.4) is 0 Å². The summed E-state index contributed by atoms with van der Waals surface area (Å²) in [4.78, 5) is 12.4. The molecule has 0 aliphatic rings. The smallest absolute Gasteiger partial charge is 0.323 e. The first-order valence-corrected chi connectivity index (χ1v) is 7.78. The van der Waals surface area contributed by atoms with Crippen molar-refractivity contribution in [2.45, 2.75) is 24.7 Å². The second kappa shape index (κ2) is 6.56. The summed E-state index contributed by atoms with van der Waals surface area (Å²) in [7, 11) is -1.58. The summed E-state index contributed by atoms with van der Waals surface area (Å²) in [6, 6.07) is 6.31. The number of carboxylic acids is 1. The molecule has 19 heavy (non-hydrogen) atoms. The number of carboxylic acid groups (broad SMARTS) is 1. The van der Waals surface area contributed by atoms with Crippen molar-refractivity contribution in [1.29, 1.82) is 0 Å². The highest BCUT2D eigenvalue weighted by molar-refractivity contribution is 7.91. The van der Waals surface area contributed by atoms with Crippen LogP contribution in [0.5, 0.6) is 0 Å². The maximum atomic E-state index is 11.9. The average molecular weight is 285 g/mol. The molecule has 0 saturated carbocycles. The Morgan fingerprint density at radius 2 is 1.84 bits per heavy atom. The van der Waals surface area contributed by atoms with Crippen LogP contribution in [0, 0.1) is 0 Å². The first-order chi connectivity index (χ1) is 8.86. The van der Waals surface area contributed by atoms with Gasteiger partial charge in [0, 0.05) is 12.7 Å². The van der Waals surface area contributed by atoms with E-state index in [1.54, 1.807) is 24.1 Å². The predicted molar refractivity (Wildman–Crippen MR) is 74.3 cm³/mol. The van der Waals surface area contributed by atoms with Gasteiger partial charge < -0.3 is 10.0 Å². The van der Waals surface area contributed by atoms with Gasteiger partial charge in [-0.2, -0.15) is 0 Å². The summed E-state index contributed by atoms with van der Waals surface area (Å²) in [5, 5.41) is 8.69. The molecule has 0 fully saturated rings. The zero-order chi connectivity index (χ0) is 14.5. The lowest BCUT2D eigenvalue weighted by Crippen LogP contribution is -2.25. The van der Waals surface area contributed by atoms with E-state index in [1.807, 2.05) is 6.92 Å². The Morgan fingerprint density at radius 3 is 2.32 bits per heavy atom. The highest BCUT2D eigenvalue weighted by Gasteiger charge is 2.14. The second-order valence-electron chi connectivity index (χ2n) is 4.42. The van der Waals surface area contributed by atoms with Crippen molar-refractivity contribution in [1.82, 2.24) is 0 Å². The Balaban J connectivity index is 2.84. The van der Waals surface area contributed by atoms with E-state index in [0.29, 0.717) is 12.1 Å². The molecule has 0 unspecified atom stereocenters. The normalized spacial score (nSPS) is 11.3. The lowest BCUT2D eigenvalue weighted by atomic mass is 10.3. The highest BCUT2D eigenvalue weighted by Crippen LogP contribution is 2.18. The van der Waals surface area contributed by atoms with E-state index in [2.05, 4.69) is 0 Å². The summed E-state index contributed by atoms with van der Waals surface area (Å²) < 4.78 is 23.9. The molecule has 0 amide bonds. The molecule has 0 atom stereocenters. The lowest BCUT2D eigenvalue weighted by molar-refractivity contribution is -0.135. The standard InChI is InChI=1S/C13H19NO4S/c1-3-4-9-19(17,18)12-7-5-11(6-8-12)14(2)10-13(15)16/h5-8H,3-4,9-10H2,1-2H3,(H,15,16). The first kappa shape index (κ1) is 15.5. The molecular formula is C13H19NO4S. The van der Waals surface area contributed by atoms with E-state index in [4.69, 9.17) is 5.11 Å². The molecule has 0 radical (unpaired) electrons.